The molecule has 116 valence electrons. The van der Waals surface area contributed by atoms with Crippen molar-refractivity contribution in [3.05, 3.63) is 29.8 Å². The van der Waals surface area contributed by atoms with E-state index in [1.165, 1.54) is 0 Å². The van der Waals surface area contributed by atoms with Gasteiger partial charge < -0.3 is 25.8 Å². The molecule has 7 heteroatoms. The number of hydrogen-bond donors (Lipinski definition) is 3. The second kappa shape index (κ2) is 9.73. The predicted octanol–water partition coefficient (Wildman–Crippen LogP) is -0.483. The Morgan fingerprint density at radius 3 is 2.48 bits per heavy atom. The minimum absolute atomic E-state index is 0.162. The van der Waals surface area contributed by atoms with Gasteiger partial charge in [-0.3, -0.25) is 9.59 Å². The van der Waals surface area contributed by atoms with Crippen LogP contribution in [0.4, 0.5) is 0 Å². The van der Waals surface area contributed by atoms with Gasteiger partial charge in [-0.25, -0.2) is 0 Å². The first-order valence-corrected chi connectivity index (χ1v) is 6.62. The highest BCUT2D eigenvalue weighted by Gasteiger charge is 2.05. The van der Waals surface area contributed by atoms with Gasteiger partial charge >= 0.3 is 0 Å². The highest BCUT2D eigenvalue weighted by atomic mass is 16.5. The molecule has 4 N–H and O–H groups in total. The zero-order chi connectivity index (χ0) is 15.5. The quantitative estimate of drug-likeness (QED) is 0.506. The zero-order valence-corrected chi connectivity index (χ0v) is 12.1. The molecular weight excluding hydrogens is 274 g/mol. The predicted molar refractivity (Wildman–Crippen MR) is 78.2 cm³/mol. The molecule has 1 aromatic rings. The summed E-state index contributed by atoms with van der Waals surface area (Å²) in [6.45, 7) is 2.41. The molecule has 0 heterocycles. The summed E-state index contributed by atoms with van der Waals surface area (Å²) in [5, 5.41) is 5.91. The first-order valence-electron chi connectivity index (χ1n) is 6.62. The fraction of sp³-hybridized carbons (Fsp3) is 0.429. The van der Waals surface area contributed by atoms with Crippen molar-refractivity contribution >= 4 is 11.8 Å². The Morgan fingerprint density at radius 1 is 1.14 bits per heavy atom. The molecule has 21 heavy (non-hydrogen) atoms. The average Bonchev–Trinajstić information content (AvgIpc) is 2.49. The SMILES string of the molecule is COCCNCCNC(=O)c1ccc(OCC(N)=O)cc1. The lowest BCUT2D eigenvalue weighted by Gasteiger charge is -2.07. The third kappa shape index (κ3) is 7.28. The summed E-state index contributed by atoms with van der Waals surface area (Å²) >= 11 is 0. The maximum absolute atomic E-state index is 11.8. The van der Waals surface area contributed by atoms with E-state index in [4.69, 9.17) is 15.2 Å². The van der Waals surface area contributed by atoms with Gasteiger partial charge in [0.2, 0.25) is 0 Å². The van der Waals surface area contributed by atoms with E-state index in [1.807, 2.05) is 0 Å². The Bertz CT molecular complexity index is 448. The van der Waals surface area contributed by atoms with E-state index in [1.54, 1.807) is 31.4 Å². The van der Waals surface area contributed by atoms with E-state index in [2.05, 4.69) is 10.6 Å². The van der Waals surface area contributed by atoms with Crippen LogP contribution in [0.15, 0.2) is 24.3 Å². The molecule has 0 radical (unpaired) electrons. The first-order chi connectivity index (χ1) is 10.1. The fourth-order valence-electron chi connectivity index (χ4n) is 1.52. The van der Waals surface area contributed by atoms with E-state index in [0.717, 1.165) is 6.54 Å². The number of rotatable bonds is 10. The monoisotopic (exact) mass is 295 g/mol. The minimum Gasteiger partial charge on any atom is -0.484 e. The van der Waals surface area contributed by atoms with Crippen LogP contribution in [0.2, 0.25) is 0 Å². The maximum Gasteiger partial charge on any atom is 0.255 e. The number of ether oxygens (including phenoxy) is 2. The van der Waals surface area contributed by atoms with Crippen LogP contribution in [0.3, 0.4) is 0 Å². The van der Waals surface area contributed by atoms with Gasteiger partial charge in [0.1, 0.15) is 5.75 Å². The lowest BCUT2D eigenvalue weighted by molar-refractivity contribution is -0.119. The number of benzene rings is 1. The molecule has 2 amide bonds. The molecular formula is C14H21N3O4. The van der Waals surface area contributed by atoms with Crippen LogP contribution in [-0.4, -0.2) is 51.8 Å². The van der Waals surface area contributed by atoms with E-state index in [0.29, 0.717) is 31.0 Å². The van der Waals surface area contributed by atoms with Crippen LogP contribution in [0.5, 0.6) is 5.75 Å². The fourth-order valence-corrected chi connectivity index (χ4v) is 1.52. The van der Waals surface area contributed by atoms with Gasteiger partial charge in [-0.05, 0) is 24.3 Å². The summed E-state index contributed by atoms with van der Waals surface area (Å²) in [6.07, 6.45) is 0. The van der Waals surface area contributed by atoms with E-state index < -0.39 is 5.91 Å². The smallest absolute Gasteiger partial charge is 0.255 e. The van der Waals surface area contributed by atoms with Crippen LogP contribution in [0.25, 0.3) is 0 Å². The largest absolute Gasteiger partial charge is 0.484 e. The van der Waals surface area contributed by atoms with Crippen LogP contribution in [0, 0.1) is 0 Å². The molecule has 0 saturated heterocycles. The Labute approximate surface area is 123 Å². The van der Waals surface area contributed by atoms with E-state index in [-0.39, 0.29) is 12.5 Å². The summed E-state index contributed by atoms with van der Waals surface area (Å²) in [5.41, 5.74) is 5.50. The van der Waals surface area contributed by atoms with Crippen LogP contribution in [-0.2, 0) is 9.53 Å². The van der Waals surface area contributed by atoms with Crippen LogP contribution in [0.1, 0.15) is 10.4 Å². The molecule has 0 aliphatic rings. The highest BCUT2D eigenvalue weighted by Crippen LogP contribution is 2.11. The standard InChI is InChI=1S/C14H21N3O4/c1-20-9-8-16-6-7-17-14(19)11-2-4-12(5-3-11)21-10-13(15)18/h2-5,16H,6-10H2,1H3,(H2,15,18)(H,17,19). The number of methoxy groups -OCH3 is 1. The van der Waals surface area contributed by atoms with Gasteiger partial charge in [-0.15, -0.1) is 0 Å². The van der Waals surface area contributed by atoms with Gasteiger partial charge in [-0.2, -0.15) is 0 Å². The third-order valence-electron chi connectivity index (χ3n) is 2.57. The van der Waals surface area contributed by atoms with Gasteiger partial charge in [0.05, 0.1) is 6.61 Å². The zero-order valence-electron chi connectivity index (χ0n) is 12.1. The van der Waals surface area contributed by atoms with Crippen molar-refractivity contribution in [2.45, 2.75) is 0 Å². The molecule has 0 saturated carbocycles. The van der Waals surface area contributed by atoms with Crippen molar-refractivity contribution in [2.24, 2.45) is 5.73 Å². The van der Waals surface area contributed by atoms with Gasteiger partial charge in [0.15, 0.2) is 6.61 Å². The maximum atomic E-state index is 11.8. The van der Waals surface area contributed by atoms with Crippen molar-refractivity contribution < 1.29 is 19.1 Å². The number of carbonyl (C=O) groups excluding carboxylic acids is 2. The summed E-state index contributed by atoms with van der Waals surface area (Å²) in [6, 6.07) is 6.50. The second-order valence-electron chi connectivity index (χ2n) is 4.28. The molecule has 1 rings (SSSR count). The number of nitrogens with two attached hydrogens (primary N) is 1. The van der Waals surface area contributed by atoms with Gasteiger partial charge in [-0.1, -0.05) is 0 Å². The van der Waals surface area contributed by atoms with Crippen molar-refractivity contribution in [3.8, 4) is 5.75 Å². The number of carbonyl (C=O) groups is 2. The molecule has 0 aliphatic carbocycles. The molecule has 1 aromatic carbocycles. The van der Waals surface area contributed by atoms with Crippen molar-refractivity contribution in [3.63, 3.8) is 0 Å². The Balaban J connectivity index is 2.29. The second-order valence-corrected chi connectivity index (χ2v) is 4.28. The normalized spacial score (nSPS) is 10.1. The molecule has 0 bridgehead atoms. The number of primary amides is 1. The Kier molecular flexibility index (Phi) is 7.85. The molecule has 0 fully saturated rings. The van der Waals surface area contributed by atoms with Crippen molar-refractivity contribution in [1.29, 1.82) is 0 Å². The average molecular weight is 295 g/mol. The van der Waals surface area contributed by atoms with Crippen LogP contribution < -0.4 is 21.1 Å². The number of hydrogen-bond acceptors (Lipinski definition) is 5. The topological polar surface area (TPSA) is 103 Å². The lowest BCUT2D eigenvalue weighted by Crippen LogP contribution is -2.33. The van der Waals surface area contributed by atoms with E-state index >= 15 is 0 Å². The minimum atomic E-state index is -0.544. The van der Waals surface area contributed by atoms with Crippen molar-refractivity contribution in [1.82, 2.24) is 10.6 Å². The molecule has 0 aromatic heterocycles. The molecule has 0 spiro atoms. The van der Waals surface area contributed by atoms with Gasteiger partial charge in [0.25, 0.3) is 11.8 Å². The van der Waals surface area contributed by atoms with Crippen molar-refractivity contribution in [2.75, 3.05) is 40.0 Å². The third-order valence-corrected chi connectivity index (χ3v) is 2.57. The molecule has 0 unspecified atom stereocenters. The summed E-state index contributed by atoms with van der Waals surface area (Å²) in [4.78, 5) is 22.4. The Morgan fingerprint density at radius 2 is 1.86 bits per heavy atom. The number of amides is 2. The van der Waals surface area contributed by atoms with Gasteiger partial charge in [0, 0.05) is 32.3 Å². The highest BCUT2D eigenvalue weighted by molar-refractivity contribution is 5.94. The van der Waals surface area contributed by atoms with Crippen LogP contribution >= 0.6 is 0 Å². The molecule has 0 aliphatic heterocycles. The molecule has 7 nitrogen and oxygen atoms in total. The summed E-state index contributed by atoms with van der Waals surface area (Å²) in [7, 11) is 1.64. The summed E-state index contributed by atoms with van der Waals surface area (Å²) in [5.74, 6) is -0.214. The number of nitrogens with one attached hydrogen (secondary N) is 2. The Hall–Kier alpha value is -2.12. The first kappa shape index (κ1) is 16.9. The van der Waals surface area contributed by atoms with E-state index in [9.17, 15) is 9.59 Å². The summed E-state index contributed by atoms with van der Waals surface area (Å²) < 4.78 is 10.0. The molecule has 0 atom stereocenters. The lowest BCUT2D eigenvalue weighted by atomic mass is 10.2.